The fraction of sp³-hybridized carbons (Fsp3) is 0.900. The lowest BCUT2D eigenvalue weighted by Gasteiger charge is -2.24. The first-order valence-corrected chi connectivity index (χ1v) is 4.96. The van der Waals surface area contributed by atoms with Crippen LogP contribution in [-0.4, -0.2) is 34.5 Å². The number of aliphatic hydroxyl groups excluding tert-OH is 1. The Kier molecular flexibility index (Phi) is 5.72. The lowest BCUT2D eigenvalue weighted by molar-refractivity contribution is -0.162. The third-order valence-electron chi connectivity index (χ3n) is 2.44. The zero-order chi connectivity index (χ0) is 11.3. The van der Waals surface area contributed by atoms with E-state index in [-0.39, 0.29) is 5.92 Å². The second-order valence-electron chi connectivity index (χ2n) is 3.73. The molecule has 14 heavy (non-hydrogen) atoms. The largest absolute Gasteiger partial charge is 0.479 e. The van der Waals surface area contributed by atoms with E-state index in [1.165, 1.54) is 0 Å². The highest BCUT2D eigenvalue weighted by atomic mass is 16.5. The molecule has 0 aromatic rings. The molecular formula is C10H20O4. The number of ether oxygens (including phenoxy) is 1. The highest BCUT2D eigenvalue weighted by Gasteiger charge is 2.27. The van der Waals surface area contributed by atoms with E-state index in [1.54, 1.807) is 13.8 Å². The number of aliphatic hydroxyl groups is 1. The molecular weight excluding hydrogens is 184 g/mol. The molecule has 4 heteroatoms. The van der Waals surface area contributed by atoms with Crippen molar-refractivity contribution < 1.29 is 19.7 Å². The van der Waals surface area contributed by atoms with Crippen molar-refractivity contribution in [1.82, 2.24) is 0 Å². The molecule has 0 rings (SSSR count). The van der Waals surface area contributed by atoms with E-state index in [2.05, 4.69) is 0 Å². The summed E-state index contributed by atoms with van der Waals surface area (Å²) in [4.78, 5) is 10.9. The molecule has 0 bridgehead atoms. The topological polar surface area (TPSA) is 66.8 Å². The lowest BCUT2D eigenvalue weighted by Crippen LogP contribution is -2.37. The first-order chi connectivity index (χ1) is 6.40. The van der Waals surface area contributed by atoms with E-state index in [9.17, 15) is 9.90 Å². The molecule has 0 fully saturated rings. The highest BCUT2D eigenvalue weighted by molar-refractivity contribution is 5.72. The van der Waals surface area contributed by atoms with E-state index in [0.29, 0.717) is 0 Å². The first-order valence-electron chi connectivity index (χ1n) is 4.96. The number of carbonyl (C=O) groups is 1. The molecule has 4 atom stereocenters. The van der Waals surface area contributed by atoms with Crippen LogP contribution >= 0.6 is 0 Å². The monoisotopic (exact) mass is 204 g/mol. The number of aliphatic carboxylic acids is 1. The molecule has 0 spiro atoms. The summed E-state index contributed by atoms with van der Waals surface area (Å²) in [6.07, 6.45) is -1.20. The maximum Gasteiger partial charge on any atom is 0.333 e. The van der Waals surface area contributed by atoms with Gasteiger partial charge in [0, 0.05) is 0 Å². The van der Waals surface area contributed by atoms with Gasteiger partial charge in [0.05, 0.1) is 12.2 Å². The molecule has 0 heterocycles. The van der Waals surface area contributed by atoms with Gasteiger partial charge < -0.3 is 14.9 Å². The van der Waals surface area contributed by atoms with Crippen LogP contribution in [0.15, 0.2) is 0 Å². The summed E-state index contributed by atoms with van der Waals surface area (Å²) in [5.41, 5.74) is 0. The minimum absolute atomic E-state index is 0.0475. The molecule has 0 aliphatic heterocycles. The molecule has 0 aliphatic rings. The number of hydrogen-bond acceptors (Lipinski definition) is 3. The lowest BCUT2D eigenvalue weighted by atomic mass is 10.0. The van der Waals surface area contributed by atoms with Crippen molar-refractivity contribution >= 4 is 5.97 Å². The Morgan fingerprint density at radius 2 is 1.86 bits per heavy atom. The van der Waals surface area contributed by atoms with Crippen LogP contribution in [0.1, 0.15) is 34.1 Å². The molecule has 0 radical (unpaired) electrons. The van der Waals surface area contributed by atoms with Crippen LogP contribution in [0.25, 0.3) is 0 Å². The summed E-state index contributed by atoms with van der Waals surface area (Å²) >= 11 is 0. The second-order valence-corrected chi connectivity index (χ2v) is 3.73. The van der Waals surface area contributed by atoms with E-state index in [0.717, 1.165) is 6.42 Å². The first kappa shape index (κ1) is 13.4. The van der Waals surface area contributed by atoms with Crippen molar-refractivity contribution in [3.8, 4) is 0 Å². The molecule has 2 N–H and O–H groups in total. The molecule has 0 saturated carbocycles. The van der Waals surface area contributed by atoms with Crippen LogP contribution in [0.3, 0.4) is 0 Å². The molecule has 0 saturated heterocycles. The summed E-state index contributed by atoms with van der Waals surface area (Å²) in [6, 6.07) is 0. The fourth-order valence-electron chi connectivity index (χ4n) is 0.995. The van der Waals surface area contributed by atoms with Gasteiger partial charge >= 0.3 is 5.97 Å². The molecule has 0 aromatic heterocycles. The van der Waals surface area contributed by atoms with Gasteiger partial charge in [0.2, 0.25) is 0 Å². The third-order valence-corrected chi connectivity index (χ3v) is 2.44. The summed E-state index contributed by atoms with van der Waals surface area (Å²) in [5.74, 6) is -1.01. The second kappa shape index (κ2) is 5.98. The van der Waals surface area contributed by atoms with Crippen LogP contribution in [0, 0.1) is 5.92 Å². The van der Waals surface area contributed by atoms with Gasteiger partial charge in [0.1, 0.15) is 0 Å². The van der Waals surface area contributed by atoms with E-state index < -0.39 is 24.3 Å². The summed E-state index contributed by atoms with van der Waals surface area (Å²) in [5, 5.41) is 18.1. The average molecular weight is 204 g/mol. The van der Waals surface area contributed by atoms with Crippen molar-refractivity contribution in [2.75, 3.05) is 0 Å². The molecule has 4 nitrogen and oxygen atoms in total. The number of carboxylic acids is 1. The maximum atomic E-state index is 10.9. The molecule has 4 unspecified atom stereocenters. The third kappa shape index (κ3) is 4.07. The van der Waals surface area contributed by atoms with E-state index >= 15 is 0 Å². The molecule has 0 amide bonds. The minimum Gasteiger partial charge on any atom is -0.479 e. The van der Waals surface area contributed by atoms with E-state index in [4.69, 9.17) is 9.84 Å². The van der Waals surface area contributed by atoms with Gasteiger partial charge in [-0.25, -0.2) is 4.79 Å². The van der Waals surface area contributed by atoms with Crippen LogP contribution in [0.4, 0.5) is 0 Å². The number of rotatable bonds is 6. The Morgan fingerprint density at radius 1 is 1.36 bits per heavy atom. The standard InChI is InChI=1S/C10H20O4/c1-5-6(2)9(10(12)13)14-8(4)7(3)11/h6-9,11H,5H2,1-4H3,(H,12,13). The predicted molar refractivity (Wildman–Crippen MR) is 53.1 cm³/mol. The summed E-state index contributed by atoms with van der Waals surface area (Å²) < 4.78 is 5.28. The van der Waals surface area contributed by atoms with Gasteiger partial charge in [0.15, 0.2) is 6.10 Å². The van der Waals surface area contributed by atoms with Crippen LogP contribution < -0.4 is 0 Å². The molecule has 0 aromatic carbocycles. The number of hydrogen-bond donors (Lipinski definition) is 2. The van der Waals surface area contributed by atoms with Gasteiger partial charge in [-0.05, 0) is 19.8 Å². The van der Waals surface area contributed by atoms with Gasteiger partial charge in [-0.1, -0.05) is 20.3 Å². The zero-order valence-electron chi connectivity index (χ0n) is 9.23. The zero-order valence-corrected chi connectivity index (χ0v) is 9.23. The van der Waals surface area contributed by atoms with E-state index in [1.807, 2.05) is 13.8 Å². The predicted octanol–water partition coefficient (Wildman–Crippen LogP) is 1.27. The quantitative estimate of drug-likeness (QED) is 0.683. The fourth-order valence-corrected chi connectivity index (χ4v) is 0.995. The number of carboxylic acid groups (broad SMARTS) is 1. The van der Waals surface area contributed by atoms with Crippen molar-refractivity contribution in [2.24, 2.45) is 5.92 Å². The Hall–Kier alpha value is -0.610. The van der Waals surface area contributed by atoms with Crippen molar-refractivity contribution in [3.05, 3.63) is 0 Å². The SMILES string of the molecule is CCC(C)C(OC(C)C(C)O)C(=O)O. The van der Waals surface area contributed by atoms with Crippen molar-refractivity contribution in [3.63, 3.8) is 0 Å². The van der Waals surface area contributed by atoms with Crippen molar-refractivity contribution in [2.45, 2.75) is 52.4 Å². The normalized spacial score (nSPS) is 19.8. The molecule has 0 aliphatic carbocycles. The minimum atomic E-state index is -0.966. The van der Waals surface area contributed by atoms with Gasteiger partial charge in [-0.3, -0.25) is 0 Å². The summed E-state index contributed by atoms with van der Waals surface area (Å²) in [6.45, 7) is 6.99. The van der Waals surface area contributed by atoms with Gasteiger partial charge in [0.25, 0.3) is 0 Å². The van der Waals surface area contributed by atoms with Gasteiger partial charge in [-0.2, -0.15) is 0 Å². The smallest absolute Gasteiger partial charge is 0.333 e. The summed E-state index contributed by atoms with van der Waals surface area (Å²) in [7, 11) is 0. The Bertz CT molecular complexity index is 179. The van der Waals surface area contributed by atoms with Crippen LogP contribution in [-0.2, 0) is 9.53 Å². The van der Waals surface area contributed by atoms with Crippen LogP contribution in [0.5, 0.6) is 0 Å². The molecule has 84 valence electrons. The Balaban J connectivity index is 4.30. The average Bonchev–Trinajstić information content (AvgIpc) is 2.11. The van der Waals surface area contributed by atoms with Crippen LogP contribution in [0.2, 0.25) is 0 Å². The van der Waals surface area contributed by atoms with Gasteiger partial charge in [-0.15, -0.1) is 0 Å². The van der Waals surface area contributed by atoms with Crippen molar-refractivity contribution in [1.29, 1.82) is 0 Å². The maximum absolute atomic E-state index is 10.9. The Labute approximate surface area is 84.9 Å². The highest BCUT2D eigenvalue weighted by Crippen LogP contribution is 2.15. The Morgan fingerprint density at radius 3 is 2.14 bits per heavy atom.